The minimum Gasteiger partial charge on any atom is -0.384 e. The molecule has 0 radical (unpaired) electrons. The lowest BCUT2D eigenvalue weighted by Gasteiger charge is -2.13. The Morgan fingerprint density at radius 2 is 1.68 bits per heavy atom. The molecular formula is C17H12Cl2FNO. The zero-order valence-electron chi connectivity index (χ0n) is 11.4. The second kappa shape index (κ2) is 6.13. The minimum absolute atomic E-state index is 0.342. The maximum Gasteiger partial charge on any atom is 0.123 e. The van der Waals surface area contributed by atoms with Crippen LogP contribution in [0.5, 0.6) is 0 Å². The molecule has 3 aromatic rings. The maximum atomic E-state index is 13.0. The van der Waals surface area contributed by atoms with Gasteiger partial charge in [-0.15, -0.1) is 0 Å². The number of H-pyrrole nitrogens is 1. The van der Waals surface area contributed by atoms with Crippen LogP contribution in [0.2, 0.25) is 10.0 Å². The van der Waals surface area contributed by atoms with Crippen LogP contribution in [0.15, 0.2) is 54.9 Å². The highest BCUT2D eigenvalue weighted by molar-refractivity contribution is 6.36. The molecule has 0 spiro atoms. The molecule has 3 rings (SSSR count). The number of halogens is 3. The molecule has 0 bridgehead atoms. The van der Waals surface area contributed by atoms with Crippen LogP contribution in [-0.4, -0.2) is 10.1 Å². The third kappa shape index (κ3) is 2.88. The maximum absolute atomic E-state index is 13.0. The first-order valence-corrected chi connectivity index (χ1v) is 7.37. The number of aromatic amines is 1. The summed E-state index contributed by atoms with van der Waals surface area (Å²) in [5.74, 6) is -0.342. The van der Waals surface area contributed by atoms with Crippen molar-refractivity contribution in [2.24, 2.45) is 0 Å². The van der Waals surface area contributed by atoms with Crippen molar-refractivity contribution in [3.05, 3.63) is 81.8 Å². The summed E-state index contributed by atoms with van der Waals surface area (Å²) in [6.45, 7) is 0. The van der Waals surface area contributed by atoms with E-state index in [4.69, 9.17) is 23.2 Å². The Labute approximate surface area is 137 Å². The molecule has 2 N–H and O–H groups in total. The van der Waals surface area contributed by atoms with Gasteiger partial charge in [-0.05, 0) is 29.8 Å². The molecule has 0 saturated heterocycles. The van der Waals surface area contributed by atoms with Crippen LogP contribution in [-0.2, 0) is 0 Å². The molecule has 2 aromatic carbocycles. The lowest BCUT2D eigenvalue weighted by atomic mass is 9.97. The molecule has 112 valence electrons. The first-order chi connectivity index (χ1) is 10.6. The monoisotopic (exact) mass is 335 g/mol. The molecule has 22 heavy (non-hydrogen) atoms. The van der Waals surface area contributed by atoms with E-state index in [1.807, 2.05) is 0 Å². The van der Waals surface area contributed by atoms with Crippen LogP contribution in [0.4, 0.5) is 4.39 Å². The van der Waals surface area contributed by atoms with Gasteiger partial charge in [-0.25, -0.2) is 4.39 Å². The molecule has 0 aliphatic rings. The van der Waals surface area contributed by atoms with Crippen molar-refractivity contribution in [3.8, 4) is 11.1 Å². The Morgan fingerprint density at radius 3 is 2.36 bits per heavy atom. The van der Waals surface area contributed by atoms with Crippen molar-refractivity contribution in [2.45, 2.75) is 6.10 Å². The average Bonchev–Trinajstić information content (AvgIpc) is 2.96. The van der Waals surface area contributed by atoms with Crippen molar-refractivity contribution in [2.75, 3.05) is 0 Å². The van der Waals surface area contributed by atoms with Gasteiger partial charge in [0, 0.05) is 39.1 Å². The third-order valence-corrected chi connectivity index (χ3v) is 4.03. The first-order valence-electron chi connectivity index (χ1n) is 6.62. The number of hydrogen-bond acceptors (Lipinski definition) is 1. The van der Waals surface area contributed by atoms with Crippen molar-refractivity contribution in [1.82, 2.24) is 4.98 Å². The summed E-state index contributed by atoms with van der Waals surface area (Å²) in [5.41, 5.74) is 2.81. The number of rotatable bonds is 3. The van der Waals surface area contributed by atoms with Crippen LogP contribution in [0.25, 0.3) is 11.1 Å². The topological polar surface area (TPSA) is 36.0 Å². The molecule has 1 heterocycles. The van der Waals surface area contributed by atoms with Gasteiger partial charge in [-0.3, -0.25) is 0 Å². The zero-order chi connectivity index (χ0) is 15.7. The molecule has 1 atom stereocenters. The standard InChI is InChI=1S/C17H12Cl2FNO/c18-11-3-6-13(16(19)7-11)14-8-21-9-15(14)17(22)10-1-4-12(20)5-2-10/h1-9,17,21-22H. The largest absolute Gasteiger partial charge is 0.384 e. The normalized spacial score (nSPS) is 12.4. The fourth-order valence-corrected chi connectivity index (χ4v) is 2.88. The van der Waals surface area contributed by atoms with E-state index in [1.165, 1.54) is 12.1 Å². The van der Waals surface area contributed by atoms with E-state index in [0.29, 0.717) is 21.2 Å². The summed E-state index contributed by atoms with van der Waals surface area (Å²) in [4.78, 5) is 2.98. The first kappa shape index (κ1) is 15.1. The average molecular weight is 336 g/mol. The number of nitrogens with one attached hydrogen (secondary N) is 1. The van der Waals surface area contributed by atoms with Gasteiger partial charge in [0.1, 0.15) is 11.9 Å². The predicted molar refractivity (Wildman–Crippen MR) is 86.7 cm³/mol. The fraction of sp³-hybridized carbons (Fsp3) is 0.0588. The summed E-state index contributed by atoms with van der Waals surface area (Å²) < 4.78 is 13.0. The van der Waals surface area contributed by atoms with Crippen LogP contribution in [0.1, 0.15) is 17.2 Å². The third-order valence-electron chi connectivity index (χ3n) is 3.48. The molecule has 1 unspecified atom stereocenters. The molecule has 0 aliphatic carbocycles. The van der Waals surface area contributed by atoms with Crippen LogP contribution < -0.4 is 0 Å². The van der Waals surface area contributed by atoms with Gasteiger partial charge in [0.2, 0.25) is 0 Å². The van der Waals surface area contributed by atoms with Gasteiger partial charge in [0.25, 0.3) is 0 Å². The quantitative estimate of drug-likeness (QED) is 0.677. The van der Waals surface area contributed by atoms with E-state index in [1.54, 1.807) is 42.7 Å². The lowest BCUT2D eigenvalue weighted by molar-refractivity contribution is 0.221. The Hall–Kier alpha value is -1.81. The van der Waals surface area contributed by atoms with Gasteiger partial charge in [0.05, 0.1) is 0 Å². The zero-order valence-corrected chi connectivity index (χ0v) is 12.9. The number of hydrogen-bond donors (Lipinski definition) is 2. The van der Waals surface area contributed by atoms with E-state index >= 15 is 0 Å². The van der Waals surface area contributed by atoms with Crippen molar-refractivity contribution in [1.29, 1.82) is 0 Å². The van der Waals surface area contributed by atoms with Crippen molar-refractivity contribution < 1.29 is 9.50 Å². The van der Waals surface area contributed by atoms with Crippen molar-refractivity contribution >= 4 is 23.2 Å². The molecule has 0 saturated carbocycles. The highest BCUT2D eigenvalue weighted by Crippen LogP contribution is 2.36. The summed E-state index contributed by atoms with van der Waals surface area (Å²) in [5, 5.41) is 11.6. The Kier molecular flexibility index (Phi) is 4.21. The van der Waals surface area contributed by atoms with E-state index in [2.05, 4.69) is 4.98 Å². The molecule has 0 aliphatic heterocycles. The van der Waals surface area contributed by atoms with Crippen LogP contribution in [0, 0.1) is 5.82 Å². The SMILES string of the molecule is OC(c1ccc(F)cc1)c1c[nH]cc1-c1ccc(Cl)cc1Cl. The Morgan fingerprint density at radius 1 is 0.955 bits per heavy atom. The summed E-state index contributed by atoms with van der Waals surface area (Å²) in [6.07, 6.45) is 2.58. The minimum atomic E-state index is -0.881. The number of aromatic nitrogens is 1. The van der Waals surface area contributed by atoms with E-state index < -0.39 is 6.10 Å². The van der Waals surface area contributed by atoms with Crippen LogP contribution in [0.3, 0.4) is 0 Å². The number of benzene rings is 2. The van der Waals surface area contributed by atoms with Gasteiger partial charge < -0.3 is 10.1 Å². The van der Waals surface area contributed by atoms with Gasteiger partial charge in [0.15, 0.2) is 0 Å². The molecule has 0 amide bonds. The van der Waals surface area contributed by atoms with Gasteiger partial charge in [-0.2, -0.15) is 0 Å². The van der Waals surface area contributed by atoms with Crippen molar-refractivity contribution in [3.63, 3.8) is 0 Å². The smallest absolute Gasteiger partial charge is 0.123 e. The molecular weight excluding hydrogens is 324 g/mol. The van der Waals surface area contributed by atoms with E-state index in [9.17, 15) is 9.50 Å². The highest BCUT2D eigenvalue weighted by Gasteiger charge is 2.18. The molecule has 5 heteroatoms. The van der Waals surface area contributed by atoms with Crippen LogP contribution >= 0.6 is 23.2 Å². The second-order valence-corrected chi connectivity index (χ2v) is 5.75. The summed E-state index contributed by atoms with van der Waals surface area (Å²) >= 11 is 12.1. The molecule has 0 fully saturated rings. The van der Waals surface area contributed by atoms with E-state index in [-0.39, 0.29) is 5.82 Å². The molecule has 2 nitrogen and oxygen atoms in total. The highest BCUT2D eigenvalue weighted by atomic mass is 35.5. The summed E-state index contributed by atoms with van der Waals surface area (Å²) in [6, 6.07) is 10.9. The van der Waals surface area contributed by atoms with Gasteiger partial charge in [-0.1, -0.05) is 41.4 Å². The summed E-state index contributed by atoms with van der Waals surface area (Å²) in [7, 11) is 0. The number of aliphatic hydroxyl groups is 1. The Balaban J connectivity index is 2.03. The second-order valence-electron chi connectivity index (χ2n) is 4.90. The fourth-order valence-electron chi connectivity index (χ4n) is 2.37. The number of aliphatic hydroxyl groups excluding tert-OH is 1. The van der Waals surface area contributed by atoms with E-state index in [0.717, 1.165) is 11.1 Å². The van der Waals surface area contributed by atoms with Gasteiger partial charge >= 0.3 is 0 Å². The lowest BCUT2D eigenvalue weighted by Crippen LogP contribution is -2.00. The Bertz CT molecular complexity index is 799. The molecule has 1 aromatic heterocycles. The predicted octanol–water partition coefficient (Wildman–Crippen LogP) is 5.21.